The van der Waals surface area contributed by atoms with Crippen molar-refractivity contribution in [3.63, 3.8) is 0 Å². The fourth-order valence-electron chi connectivity index (χ4n) is 1.83. The van der Waals surface area contributed by atoms with E-state index in [1.807, 2.05) is 26.2 Å². The van der Waals surface area contributed by atoms with Gasteiger partial charge in [-0.15, -0.1) is 11.3 Å². The molecule has 20 heavy (non-hydrogen) atoms. The minimum absolute atomic E-state index is 0.0485. The van der Waals surface area contributed by atoms with Crippen LogP contribution in [0.2, 0.25) is 0 Å². The highest BCUT2D eigenvalue weighted by atomic mass is 32.1. The molecule has 0 aliphatic rings. The van der Waals surface area contributed by atoms with E-state index in [1.165, 1.54) is 0 Å². The number of hydrogen-bond donors (Lipinski definition) is 2. The van der Waals surface area contributed by atoms with Crippen LogP contribution < -0.4 is 5.32 Å². The number of thiazole rings is 1. The van der Waals surface area contributed by atoms with Crippen molar-refractivity contribution in [2.24, 2.45) is 0 Å². The van der Waals surface area contributed by atoms with Gasteiger partial charge in [0.2, 0.25) is 5.91 Å². The lowest BCUT2D eigenvalue weighted by atomic mass is 9.99. The van der Waals surface area contributed by atoms with Crippen molar-refractivity contribution in [2.45, 2.75) is 58.4 Å². The molecule has 1 unspecified atom stereocenters. The SMILES string of the molecule is CCC(C)(NC(=O)CCCCC(=O)O)c1nc(C)cs1. The third kappa shape index (κ3) is 4.92. The van der Waals surface area contributed by atoms with Crippen LogP contribution >= 0.6 is 11.3 Å². The lowest BCUT2D eigenvalue weighted by molar-refractivity contribution is -0.137. The average Bonchev–Trinajstić information content (AvgIpc) is 2.81. The predicted octanol–water partition coefficient (Wildman–Crippen LogP) is 2.84. The quantitative estimate of drug-likeness (QED) is 0.723. The molecule has 0 radical (unpaired) electrons. The Hall–Kier alpha value is -1.43. The van der Waals surface area contributed by atoms with E-state index in [2.05, 4.69) is 10.3 Å². The third-order valence-electron chi connectivity index (χ3n) is 3.26. The zero-order chi connectivity index (χ0) is 15.2. The highest BCUT2D eigenvalue weighted by Gasteiger charge is 2.29. The van der Waals surface area contributed by atoms with Crippen molar-refractivity contribution < 1.29 is 14.7 Å². The van der Waals surface area contributed by atoms with Crippen LogP contribution in [0, 0.1) is 6.92 Å². The molecule has 0 aliphatic heterocycles. The maximum Gasteiger partial charge on any atom is 0.303 e. The van der Waals surface area contributed by atoms with E-state index in [0.29, 0.717) is 19.3 Å². The van der Waals surface area contributed by atoms with Crippen molar-refractivity contribution in [2.75, 3.05) is 0 Å². The molecule has 112 valence electrons. The second-order valence-corrected chi connectivity index (χ2v) is 5.99. The minimum atomic E-state index is -0.818. The van der Waals surface area contributed by atoms with Gasteiger partial charge in [-0.2, -0.15) is 0 Å². The number of carbonyl (C=O) groups is 2. The summed E-state index contributed by atoms with van der Waals surface area (Å²) < 4.78 is 0. The second-order valence-electron chi connectivity index (χ2n) is 5.13. The highest BCUT2D eigenvalue weighted by Crippen LogP contribution is 2.27. The first-order valence-corrected chi connectivity index (χ1v) is 7.70. The fraction of sp³-hybridized carbons (Fsp3) is 0.643. The molecule has 1 rings (SSSR count). The molecule has 1 atom stereocenters. The van der Waals surface area contributed by atoms with Crippen molar-refractivity contribution in [1.29, 1.82) is 0 Å². The van der Waals surface area contributed by atoms with E-state index in [0.717, 1.165) is 17.1 Å². The zero-order valence-electron chi connectivity index (χ0n) is 12.2. The van der Waals surface area contributed by atoms with Crippen molar-refractivity contribution in [3.05, 3.63) is 16.1 Å². The summed E-state index contributed by atoms with van der Waals surface area (Å²) in [6.07, 6.45) is 2.36. The van der Waals surface area contributed by atoms with E-state index >= 15 is 0 Å². The van der Waals surface area contributed by atoms with Crippen LogP contribution in [0.3, 0.4) is 0 Å². The van der Waals surface area contributed by atoms with Crippen LogP contribution in [-0.4, -0.2) is 22.0 Å². The molecule has 0 bridgehead atoms. The van der Waals surface area contributed by atoms with Crippen LogP contribution in [0.4, 0.5) is 0 Å². The number of aliphatic carboxylic acids is 1. The Kier molecular flexibility index (Phi) is 6.13. The maximum absolute atomic E-state index is 12.0. The molecular formula is C14H22N2O3S. The number of carbonyl (C=O) groups excluding carboxylic acids is 1. The average molecular weight is 298 g/mol. The van der Waals surface area contributed by atoms with Gasteiger partial charge in [0.25, 0.3) is 0 Å². The number of carboxylic acid groups (broad SMARTS) is 1. The van der Waals surface area contributed by atoms with Gasteiger partial charge in [-0.3, -0.25) is 9.59 Å². The number of aromatic nitrogens is 1. The predicted molar refractivity (Wildman–Crippen MR) is 78.7 cm³/mol. The van der Waals surface area contributed by atoms with Crippen LogP contribution in [-0.2, 0) is 15.1 Å². The molecule has 1 amide bonds. The first-order chi connectivity index (χ1) is 9.37. The number of aryl methyl sites for hydroxylation is 1. The molecule has 6 heteroatoms. The van der Waals surface area contributed by atoms with Gasteiger partial charge in [0.1, 0.15) is 5.01 Å². The van der Waals surface area contributed by atoms with Crippen LogP contribution in [0.1, 0.15) is 56.7 Å². The number of nitrogens with one attached hydrogen (secondary N) is 1. The van der Waals surface area contributed by atoms with Crippen molar-refractivity contribution >= 4 is 23.2 Å². The van der Waals surface area contributed by atoms with E-state index in [9.17, 15) is 9.59 Å². The number of carboxylic acids is 1. The largest absolute Gasteiger partial charge is 0.481 e. The lowest BCUT2D eigenvalue weighted by Gasteiger charge is -2.27. The molecule has 1 aromatic heterocycles. The summed E-state index contributed by atoms with van der Waals surface area (Å²) in [7, 11) is 0. The van der Waals surface area contributed by atoms with Crippen molar-refractivity contribution in [3.8, 4) is 0 Å². The third-order valence-corrected chi connectivity index (χ3v) is 4.48. The Balaban J connectivity index is 2.51. The number of amides is 1. The topological polar surface area (TPSA) is 79.3 Å². The fourth-order valence-corrected chi connectivity index (χ4v) is 2.82. The summed E-state index contributed by atoms with van der Waals surface area (Å²) in [5.41, 5.74) is 0.517. The number of nitrogens with zero attached hydrogens (tertiary/aromatic N) is 1. The number of unbranched alkanes of at least 4 members (excludes halogenated alkanes) is 1. The summed E-state index contributed by atoms with van der Waals surface area (Å²) in [5, 5.41) is 14.5. The second kappa shape index (κ2) is 7.38. The molecule has 0 aromatic carbocycles. The molecule has 0 saturated carbocycles. The summed E-state index contributed by atoms with van der Waals surface area (Å²) in [4.78, 5) is 26.8. The molecule has 5 nitrogen and oxygen atoms in total. The summed E-state index contributed by atoms with van der Waals surface area (Å²) in [6.45, 7) is 5.92. The van der Waals surface area contributed by atoms with E-state index in [-0.39, 0.29) is 12.3 Å². The normalized spacial score (nSPS) is 13.8. The van der Waals surface area contributed by atoms with E-state index < -0.39 is 11.5 Å². The van der Waals surface area contributed by atoms with E-state index in [1.54, 1.807) is 11.3 Å². The molecule has 0 aliphatic carbocycles. The van der Waals surface area contributed by atoms with Gasteiger partial charge in [0, 0.05) is 23.9 Å². The molecule has 0 spiro atoms. The Morgan fingerprint density at radius 3 is 2.55 bits per heavy atom. The minimum Gasteiger partial charge on any atom is -0.481 e. The van der Waals surface area contributed by atoms with Gasteiger partial charge in [0.15, 0.2) is 0 Å². The maximum atomic E-state index is 12.0. The molecular weight excluding hydrogens is 276 g/mol. The number of rotatable bonds is 8. The van der Waals surface area contributed by atoms with Gasteiger partial charge in [0.05, 0.1) is 5.54 Å². The first kappa shape index (κ1) is 16.6. The summed E-state index contributed by atoms with van der Waals surface area (Å²) >= 11 is 1.55. The van der Waals surface area contributed by atoms with Gasteiger partial charge in [-0.25, -0.2) is 4.98 Å². The van der Waals surface area contributed by atoms with Gasteiger partial charge in [-0.05, 0) is 33.1 Å². The van der Waals surface area contributed by atoms with Gasteiger partial charge < -0.3 is 10.4 Å². The molecule has 0 saturated heterocycles. The van der Waals surface area contributed by atoms with E-state index in [4.69, 9.17) is 5.11 Å². The van der Waals surface area contributed by atoms with Crippen LogP contribution in [0.15, 0.2) is 5.38 Å². The number of hydrogen-bond acceptors (Lipinski definition) is 4. The standard InChI is InChI=1S/C14H22N2O3S/c1-4-14(3,13-15-10(2)9-20-13)16-11(17)7-5-6-8-12(18)19/h9H,4-8H2,1-3H3,(H,16,17)(H,18,19). The van der Waals surface area contributed by atoms with Crippen molar-refractivity contribution in [1.82, 2.24) is 10.3 Å². The molecule has 1 aromatic rings. The molecule has 2 N–H and O–H groups in total. The van der Waals surface area contributed by atoms with Gasteiger partial charge >= 0.3 is 5.97 Å². The van der Waals surface area contributed by atoms with Crippen LogP contribution in [0.25, 0.3) is 0 Å². The van der Waals surface area contributed by atoms with Crippen LogP contribution in [0.5, 0.6) is 0 Å². The molecule has 1 heterocycles. The smallest absolute Gasteiger partial charge is 0.303 e. The monoisotopic (exact) mass is 298 g/mol. The Bertz CT molecular complexity index is 473. The summed E-state index contributed by atoms with van der Waals surface area (Å²) in [6, 6.07) is 0. The highest BCUT2D eigenvalue weighted by molar-refractivity contribution is 7.09. The summed E-state index contributed by atoms with van der Waals surface area (Å²) in [5.74, 6) is -0.866. The lowest BCUT2D eigenvalue weighted by Crippen LogP contribution is -2.42. The Morgan fingerprint density at radius 2 is 2.05 bits per heavy atom. The van der Waals surface area contributed by atoms with Gasteiger partial charge in [-0.1, -0.05) is 6.92 Å². The Morgan fingerprint density at radius 1 is 1.40 bits per heavy atom. The molecule has 0 fully saturated rings. The first-order valence-electron chi connectivity index (χ1n) is 6.83. The Labute approximate surface area is 123 Å². The zero-order valence-corrected chi connectivity index (χ0v) is 13.0.